The van der Waals surface area contributed by atoms with Crippen molar-refractivity contribution in [1.82, 2.24) is 16.5 Å². The molecule has 0 atom stereocenters. The summed E-state index contributed by atoms with van der Waals surface area (Å²) in [7, 11) is 0. The van der Waals surface area contributed by atoms with Gasteiger partial charge < -0.3 is 0 Å². The molecule has 5 heteroatoms. The molecule has 1 rings (SSSR count). The van der Waals surface area contributed by atoms with Gasteiger partial charge in [0.2, 0.25) is 0 Å². The standard InChI is InChI=1S/C5H12N4S/c1-4(2)10-3-5-6-8-9-7-5/h4,8-9H,3H2,1-2H3,(H,6,7). The molecule has 3 N–H and O–H groups in total. The van der Waals surface area contributed by atoms with Gasteiger partial charge in [0.15, 0.2) is 0 Å². The highest BCUT2D eigenvalue weighted by atomic mass is 32.2. The van der Waals surface area contributed by atoms with Crippen LogP contribution in [0.25, 0.3) is 0 Å². The molecule has 4 nitrogen and oxygen atoms in total. The lowest BCUT2D eigenvalue weighted by Gasteiger charge is -2.02. The van der Waals surface area contributed by atoms with Gasteiger partial charge in [-0.25, -0.2) is 5.53 Å². The van der Waals surface area contributed by atoms with Gasteiger partial charge in [0.25, 0.3) is 0 Å². The molecule has 0 saturated carbocycles. The van der Waals surface area contributed by atoms with Gasteiger partial charge >= 0.3 is 0 Å². The number of amidine groups is 1. The molecular formula is C5H12N4S. The third-order valence-electron chi connectivity index (χ3n) is 1.01. The average molecular weight is 160 g/mol. The third-order valence-corrected chi connectivity index (χ3v) is 2.11. The van der Waals surface area contributed by atoms with Crippen molar-refractivity contribution >= 4 is 17.6 Å². The summed E-state index contributed by atoms with van der Waals surface area (Å²) in [6.07, 6.45) is 0. The zero-order chi connectivity index (χ0) is 7.40. The molecule has 0 fully saturated rings. The molecule has 0 aromatic rings. The highest BCUT2D eigenvalue weighted by Crippen LogP contribution is 2.08. The summed E-state index contributed by atoms with van der Waals surface area (Å²) in [5.74, 6) is 1.89. The molecule has 0 radical (unpaired) electrons. The van der Waals surface area contributed by atoms with Gasteiger partial charge in [0.1, 0.15) is 5.84 Å². The van der Waals surface area contributed by atoms with Gasteiger partial charge in [-0.3, -0.25) is 5.43 Å². The van der Waals surface area contributed by atoms with Crippen LogP contribution in [-0.4, -0.2) is 16.8 Å². The maximum absolute atomic E-state index is 3.93. The summed E-state index contributed by atoms with van der Waals surface area (Å²) in [5, 5.41) is 4.59. The zero-order valence-corrected chi connectivity index (χ0v) is 6.96. The Morgan fingerprint density at radius 3 is 2.90 bits per heavy atom. The average Bonchev–Trinajstić information content (AvgIpc) is 2.34. The number of hydrogen-bond acceptors (Lipinski definition) is 5. The fourth-order valence-corrected chi connectivity index (χ4v) is 1.17. The zero-order valence-electron chi connectivity index (χ0n) is 6.14. The van der Waals surface area contributed by atoms with Crippen molar-refractivity contribution in [1.29, 1.82) is 0 Å². The molecule has 0 aromatic carbocycles. The topological polar surface area (TPSA) is 48.5 Å². The Morgan fingerprint density at radius 2 is 2.40 bits per heavy atom. The van der Waals surface area contributed by atoms with Gasteiger partial charge in [-0.15, -0.1) is 10.6 Å². The van der Waals surface area contributed by atoms with Crippen LogP contribution in [0.2, 0.25) is 0 Å². The number of nitrogens with zero attached hydrogens (tertiary/aromatic N) is 1. The Morgan fingerprint density at radius 1 is 1.60 bits per heavy atom. The fraction of sp³-hybridized carbons (Fsp3) is 0.800. The maximum atomic E-state index is 3.93. The van der Waals surface area contributed by atoms with Crippen LogP contribution in [0.3, 0.4) is 0 Å². The van der Waals surface area contributed by atoms with Gasteiger partial charge in [0, 0.05) is 0 Å². The summed E-state index contributed by atoms with van der Waals surface area (Å²) in [6.45, 7) is 4.34. The minimum absolute atomic E-state index is 0.657. The SMILES string of the molecule is CC(C)SCC1=NNNN1. The molecular weight excluding hydrogens is 148 g/mol. The van der Waals surface area contributed by atoms with E-state index in [-0.39, 0.29) is 0 Å². The van der Waals surface area contributed by atoms with Crippen molar-refractivity contribution in [3.63, 3.8) is 0 Å². The third kappa shape index (κ3) is 2.45. The Kier molecular flexibility index (Phi) is 2.82. The van der Waals surface area contributed by atoms with Crippen LogP contribution in [0.15, 0.2) is 5.10 Å². The highest BCUT2D eigenvalue weighted by Gasteiger charge is 2.04. The molecule has 0 spiro atoms. The van der Waals surface area contributed by atoms with Crippen LogP contribution in [0.1, 0.15) is 13.8 Å². The molecule has 0 aromatic heterocycles. The van der Waals surface area contributed by atoms with Crippen molar-refractivity contribution in [3.05, 3.63) is 0 Å². The van der Waals surface area contributed by atoms with Gasteiger partial charge in [-0.2, -0.15) is 11.8 Å². The molecule has 10 heavy (non-hydrogen) atoms. The van der Waals surface area contributed by atoms with Gasteiger partial charge in [-0.1, -0.05) is 13.8 Å². The van der Waals surface area contributed by atoms with Crippen LogP contribution in [-0.2, 0) is 0 Å². The molecule has 1 heterocycles. The van der Waals surface area contributed by atoms with E-state index in [1.807, 2.05) is 11.8 Å². The van der Waals surface area contributed by atoms with E-state index in [0.29, 0.717) is 5.25 Å². The highest BCUT2D eigenvalue weighted by molar-refractivity contribution is 8.00. The lowest BCUT2D eigenvalue weighted by molar-refractivity contribution is 0.577. The molecule has 0 saturated heterocycles. The van der Waals surface area contributed by atoms with Gasteiger partial charge in [-0.05, 0) is 5.25 Å². The van der Waals surface area contributed by atoms with E-state index < -0.39 is 0 Å². The largest absolute Gasteiger partial charge is 0.288 e. The first-order valence-electron chi connectivity index (χ1n) is 3.23. The van der Waals surface area contributed by atoms with Crippen molar-refractivity contribution in [2.75, 3.05) is 5.75 Å². The number of thioether (sulfide) groups is 1. The molecule has 1 aliphatic heterocycles. The number of hydrazone groups is 1. The minimum Gasteiger partial charge on any atom is -0.288 e. The van der Waals surface area contributed by atoms with Crippen LogP contribution < -0.4 is 16.5 Å². The van der Waals surface area contributed by atoms with E-state index in [1.54, 1.807) is 0 Å². The van der Waals surface area contributed by atoms with Gasteiger partial charge in [0.05, 0.1) is 5.75 Å². The first kappa shape index (κ1) is 7.68. The van der Waals surface area contributed by atoms with Crippen molar-refractivity contribution in [3.8, 4) is 0 Å². The van der Waals surface area contributed by atoms with E-state index in [4.69, 9.17) is 0 Å². The smallest absolute Gasteiger partial charge is 0.149 e. The molecule has 0 amide bonds. The number of hydrogen-bond donors (Lipinski definition) is 3. The first-order valence-corrected chi connectivity index (χ1v) is 4.28. The molecule has 1 aliphatic rings. The monoisotopic (exact) mass is 160 g/mol. The van der Waals surface area contributed by atoms with E-state index in [2.05, 4.69) is 35.4 Å². The number of nitrogens with one attached hydrogen (secondary N) is 3. The summed E-state index contributed by atoms with van der Waals surface area (Å²) in [5.41, 5.74) is 8.17. The van der Waals surface area contributed by atoms with Crippen molar-refractivity contribution in [2.24, 2.45) is 5.10 Å². The summed E-state index contributed by atoms with van der Waals surface area (Å²) < 4.78 is 0. The normalized spacial score (nSPS) is 16.5. The molecule has 0 bridgehead atoms. The Labute approximate surface area is 64.8 Å². The number of rotatable bonds is 3. The summed E-state index contributed by atoms with van der Waals surface area (Å²) in [6, 6.07) is 0. The summed E-state index contributed by atoms with van der Waals surface area (Å²) in [4.78, 5) is 0. The van der Waals surface area contributed by atoms with Crippen LogP contribution in [0.4, 0.5) is 0 Å². The molecule has 0 aliphatic carbocycles. The van der Waals surface area contributed by atoms with E-state index in [1.165, 1.54) is 0 Å². The summed E-state index contributed by atoms with van der Waals surface area (Å²) >= 11 is 1.86. The Bertz CT molecular complexity index is 134. The lowest BCUT2D eigenvalue weighted by Crippen LogP contribution is -2.35. The van der Waals surface area contributed by atoms with Crippen molar-refractivity contribution < 1.29 is 0 Å². The Hall–Kier alpha value is -0.420. The maximum Gasteiger partial charge on any atom is 0.149 e. The predicted molar refractivity (Wildman–Crippen MR) is 44.4 cm³/mol. The second kappa shape index (κ2) is 3.68. The van der Waals surface area contributed by atoms with Crippen LogP contribution in [0.5, 0.6) is 0 Å². The van der Waals surface area contributed by atoms with E-state index in [0.717, 1.165) is 11.6 Å². The second-order valence-corrected chi connectivity index (χ2v) is 3.84. The Balaban J connectivity index is 2.13. The van der Waals surface area contributed by atoms with E-state index in [9.17, 15) is 0 Å². The number of hydrazine groups is 2. The fourth-order valence-electron chi connectivity index (χ4n) is 0.537. The van der Waals surface area contributed by atoms with Crippen LogP contribution >= 0.6 is 11.8 Å². The second-order valence-electron chi connectivity index (χ2n) is 2.28. The first-order chi connectivity index (χ1) is 4.79. The minimum atomic E-state index is 0.657. The quantitative estimate of drug-likeness (QED) is 0.546. The molecule has 0 unspecified atom stereocenters. The lowest BCUT2D eigenvalue weighted by atomic mass is 10.6. The molecule has 58 valence electrons. The van der Waals surface area contributed by atoms with E-state index >= 15 is 0 Å². The predicted octanol–water partition coefficient (Wildman–Crippen LogP) is 0.0539. The van der Waals surface area contributed by atoms with Crippen molar-refractivity contribution in [2.45, 2.75) is 19.1 Å². The van der Waals surface area contributed by atoms with Crippen LogP contribution in [0, 0.1) is 0 Å².